The summed E-state index contributed by atoms with van der Waals surface area (Å²) in [6, 6.07) is 9.25. The van der Waals surface area contributed by atoms with Gasteiger partial charge in [0.25, 0.3) is 5.91 Å². The van der Waals surface area contributed by atoms with Crippen LogP contribution < -0.4 is 15.5 Å². The van der Waals surface area contributed by atoms with Gasteiger partial charge >= 0.3 is 0 Å². The highest BCUT2D eigenvalue weighted by atomic mass is 32.2. The van der Waals surface area contributed by atoms with Crippen molar-refractivity contribution in [2.75, 3.05) is 42.7 Å². The fraction of sp³-hybridized carbons (Fsp3) is 0.318. The minimum absolute atomic E-state index is 0.0268. The highest BCUT2D eigenvalue weighted by Crippen LogP contribution is 2.30. The van der Waals surface area contributed by atoms with Gasteiger partial charge in [-0.25, -0.2) is 12.7 Å². The molecule has 2 aromatic carbocycles. The SMILES string of the molecule is CN(C)S(=O)(=O)c1ccc(N2CCCC2)c(C(=O)Nc2ccc3c(c2)C(=O)CC(=O)N3)c1. The predicted molar refractivity (Wildman–Crippen MR) is 121 cm³/mol. The Morgan fingerprint density at radius 1 is 1.06 bits per heavy atom. The van der Waals surface area contributed by atoms with E-state index in [2.05, 4.69) is 15.5 Å². The van der Waals surface area contributed by atoms with E-state index in [-0.39, 0.29) is 28.6 Å². The first-order valence-corrected chi connectivity index (χ1v) is 11.7. The van der Waals surface area contributed by atoms with Crippen molar-refractivity contribution < 1.29 is 22.8 Å². The third kappa shape index (κ3) is 4.11. The lowest BCUT2D eigenvalue weighted by Gasteiger charge is -2.22. The van der Waals surface area contributed by atoms with Crippen LogP contribution in [0.4, 0.5) is 17.1 Å². The standard InChI is InChI=1S/C22H24N4O5S/c1-25(2)32(30,31)15-6-8-19(26-9-3-4-10-26)17(12-15)22(29)23-14-5-7-18-16(11-14)20(27)13-21(28)24-18/h5-8,11-12H,3-4,9-10,13H2,1-2H3,(H,23,29)(H,24,28). The molecule has 1 fully saturated rings. The van der Waals surface area contributed by atoms with Gasteiger partial charge in [0.1, 0.15) is 0 Å². The summed E-state index contributed by atoms with van der Waals surface area (Å²) in [6.07, 6.45) is 1.75. The van der Waals surface area contributed by atoms with Gasteiger partial charge in [-0.15, -0.1) is 0 Å². The smallest absolute Gasteiger partial charge is 0.257 e. The maximum Gasteiger partial charge on any atom is 0.257 e. The largest absolute Gasteiger partial charge is 0.371 e. The van der Waals surface area contributed by atoms with Gasteiger partial charge in [0, 0.05) is 44.1 Å². The van der Waals surface area contributed by atoms with E-state index in [9.17, 15) is 22.8 Å². The molecule has 0 saturated carbocycles. The van der Waals surface area contributed by atoms with Crippen LogP contribution in [0, 0.1) is 0 Å². The van der Waals surface area contributed by atoms with Gasteiger partial charge < -0.3 is 15.5 Å². The van der Waals surface area contributed by atoms with Gasteiger partial charge in [-0.05, 0) is 49.2 Å². The Balaban J connectivity index is 1.70. The third-order valence-electron chi connectivity index (χ3n) is 5.61. The number of nitrogens with one attached hydrogen (secondary N) is 2. The van der Waals surface area contributed by atoms with E-state index in [1.54, 1.807) is 18.2 Å². The molecule has 0 aliphatic carbocycles. The van der Waals surface area contributed by atoms with Gasteiger partial charge in [0.2, 0.25) is 15.9 Å². The van der Waals surface area contributed by atoms with Gasteiger partial charge in [-0.3, -0.25) is 14.4 Å². The van der Waals surface area contributed by atoms with E-state index >= 15 is 0 Å². The molecular formula is C22H24N4O5S. The molecule has 2 aromatic rings. The van der Waals surface area contributed by atoms with Crippen molar-refractivity contribution in [3.8, 4) is 0 Å². The molecule has 1 saturated heterocycles. The number of ketones is 1. The molecule has 10 heteroatoms. The van der Waals surface area contributed by atoms with E-state index in [4.69, 9.17) is 0 Å². The van der Waals surface area contributed by atoms with Crippen LogP contribution in [0.5, 0.6) is 0 Å². The molecule has 2 amide bonds. The molecule has 0 unspecified atom stereocenters. The molecule has 4 rings (SSSR count). The fourth-order valence-electron chi connectivity index (χ4n) is 3.90. The molecule has 32 heavy (non-hydrogen) atoms. The second-order valence-electron chi connectivity index (χ2n) is 8.02. The van der Waals surface area contributed by atoms with E-state index < -0.39 is 15.9 Å². The number of hydrogen-bond donors (Lipinski definition) is 2. The quantitative estimate of drug-likeness (QED) is 0.667. The van der Waals surface area contributed by atoms with Gasteiger partial charge in [-0.1, -0.05) is 0 Å². The van der Waals surface area contributed by atoms with Crippen LogP contribution in [0.1, 0.15) is 40.0 Å². The number of rotatable bonds is 5. The summed E-state index contributed by atoms with van der Waals surface area (Å²) >= 11 is 0. The van der Waals surface area contributed by atoms with Crippen LogP contribution in [0.25, 0.3) is 0 Å². The molecule has 0 radical (unpaired) electrons. The molecule has 2 heterocycles. The molecular weight excluding hydrogens is 432 g/mol. The van der Waals surface area contributed by atoms with Gasteiger partial charge in [-0.2, -0.15) is 0 Å². The van der Waals surface area contributed by atoms with Crippen molar-refractivity contribution in [1.82, 2.24) is 4.31 Å². The van der Waals surface area contributed by atoms with Crippen LogP contribution in [0.3, 0.4) is 0 Å². The van der Waals surface area contributed by atoms with E-state index in [0.717, 1.165) is 30.2 Å². The highest BCUT2D eigenvalue weighted by Gasteiger charge is 2.26. The van der Waals surface area contributed by atoms with Crippen LogP contribution in [-0.4, -0.2) is 57.5 Å². The monoisotopic (exact) mass is 456 g/mol. The number of carbonyl (C=O) groups is 3. The summed E-state index contributed by atoms with van der Waals surface area (Å²) in [6.45, 7) is 1.57. The van der Waals surface area contributed by atoms with Crippen molar-refractivity contribution >= 4 is 44.7 Å². The van der Waals surface area contributed by atoms with Crippen molar-refractivity contribution in [2.24, 2.45) is 0 Å². The van der Waals surface area contributed by atoms with Gasteiger partial charge in [0.15, 0.2) is 5.78 Å². The summed E-state index contributed by atoms with van der Waals surface area (Å²) < 4.78 is 26.4. The maximum atomic E-state index is 13.2. The number of nitrogens with zero attached hydrogens (tertiary/aromatic N) is 2. The Kier molecular flexibility index (Phi) is 5.74. The molecule has 0 atom stereocenters. The van der Waals surface area contributed by atoms with Crippen molar-refractivity contribution in [1.29, 1.82) is 0 Å². The second-order valence-corrected chi connectivity index (χ2v) is 10.2. The van der Waals surface area contributed by atoms with Crippen molar-refractivity contribution in [3.05, 3.63) is 47.5 Å². The minimum Gasteiger partial charge on any atom is -0.371 e. The molecule has 2 N–H and O–H groups in total. The van der Waals surface area contributed by atoms with E-state index in [1.807, 2.05) is 0 Å². The maximum absolute atomic E-state index is 13.2. The summed E-state index contributed by atoms with van der Waals surface area (Å²) in [5, 5.41) is 5.41. The molecule has 0 bridgehead atoms. The molecule has 9 nitrogen and oxygen atoms in total. The predicted octanol–water partition coefficient (Wildman–Crippen LogP) is 2.31. The summed E-state index contributed by atoms with van der Waals surface area (Å²) in [5.74, 6) is -1.17. The van der Waals surface area contributed by atoms with Crippen molar-refractivity contribution in [2.45, 2.75) is 24.2 Å². The highest BCUT2D eigenvalue weighted by molar-refractivity contribution is 7.89. The Labute approximate surface area is 186 Å². The fourth-order valence-corrected chi connectivity index (χ4v) is 4.83. The Morgan fingerprint density at radius 2 is 1.78 bits per heavy atom. The average Bonchev–Trinajstić information content (AvgIpc) is 3.28. The van der Waals surface area contributed by atoms with Crippen LogP contribution in [0.15, 0.2) is 41.3 Å². The summed E-state index contributed by atoms with van der Waals surface area (Å²) in [4.78, 5) is 39.1. The zero-order chi connectivity index (χ0) is 23.0. The number of sulfonamides is 1. The number of anilines is 3. The average molecular weight is 457 g/mol. The topological polar surface area (TPSA) is 116 Å². The number of fused-ring (bicyclic) bond motifs is 1. The number of benzene rings is 2. The number of hydrogen-bond acceptors (Lipinski definition) is 6. The molecule has 2 aliphatic rings. The second kappa shape index (κ2) is 8.36. The number of amides is 2. The van der Waals surface area contributed by atoms with Crippen LogP contribution in [0.2, 0.25) is 0 Å². The normalized spacial score (nSPS) is 16.2. The lowest BCUT2D eigenvalue weighted by Crippen LogP contribution is -2.26. The first-order valence-electron chi connectivity index (χ1n) is 10.3. The summed E-state index contributed by atoms with van der Waals surface area (Å²) in [5.41, 5.74) is 2.02. The third-order valence-corrected chi connectivity index (χ3v) is 7.42. The Morgan fingerprint density at radius 3 is 2.47 bits per heavy atom. The molecule has 0 aromatic heterocycles. The zero-order valence-electron chi connectivity index (χ0n) is 17.8. The first-order chi connectivity index (χ1) is 15.2. The Bertz CT molecular complexity index is 1220. The number of carbonyl (C=O) groups excluding carboxylic acids is 3. The molecule has 0 spiro atoms. The zero-order valence-corrected chi connectivity index (χ0v) is 18.7. The molecule has 168 valence electrons. The van der Waals surface area contributed by atoms with Crippen LogP contribution >= 0.6 is 0 Å². The Hall–Kier alpha value is -3.24. The number of Topliss-reactive ketones (excluding diaryl/α,β-unsaturated/α-hetero) is 1. The lowest BCUT2D eigenvalue weighted by atomic mass is 10.0. The van der Waals surface area contributed by atoms with Crippen molar-refractivity contribution in [3.63, 3.8) is 0 Å². The molecule has 2 aliphatic heterocycles. The summed E-state index contributed by atoms with van der Waals surface area (Å²) in [7, 11) is -0.847. The minimum atomic E-state index is -3.72. The van der Waals surface area contributed by atoms with E-state index in [0.29, 0.717) is 22.6 Å². The van der Waals surface area contributed by atoms with Gasteiger partial charge in [0.05, 0.1) is 22.6 Å². The van der Waals surface area contributed by atoms with Crippen LogP contribution in [-0.2, 0) is 14.8 Å². The lowest BCUT2D eigenvalue weighted by molar-refractivity contribution is -0.115. The first kappa shape index (κ1) is 22.0. The van der Waals surface area contributed by atoms with E-state index in [1.165, 1.54) is 32.3 Å².